The minimum absolute atomic E-state index is 0.136. The summed E-state index contributed by atoms with van der Waals surface area (Å²) in [7, 11) is 1.61. The number of rotatable bonds is 8. The number of thioether (sulfide) groups is 1. The second-order valence-electron chi connectivity index (χ2n) is 7.42. The number of methoxy groups -OCH3 is 1. The molecule has 170 valence electrons. The van der Waals surface area contributed by atoms with Crippen LogP contribution in [-0.2, 0) is 4.79 Å². The summed E-state index contributed by atoms with van der Waals surface area (Å²) in [5, 5.41) is 11.5. The van der Waals surface area contributed by atoms with E-state index in [9.17, 15) is 4.79 Å². The lowest BCUT2D eigenvalue weighted by Crippen LogP contribution is -2.46. The van der Waals surface area contributed by atoms with Crippen LogP contribution in [0.3, 0.4) is 0 Å². The molecule has 2 heterocycles. The van der Waals surface area contributed by atoms with Gasteiger partial charge in [0.15, 0.2) is 0 Å². The molecular weight excluding hydrogens is 438 g/mol. The number of nitrogens with zero attached hydrogens (tertiary/aromatic N) is 4. The van der Waals surface area contributed by atoms with Crippen molar-refractivity contribution in [1.29, 1.82) is 0 Å². The zero-order valence-electron chi connectivity index (χ0n) is 18.4. The molecule has 1 fully saturated rings. The molecule has 0 aliphatic carbocycles. The van der Waals surface area contributed by atoms with Gasteiger partial charge in [-0.2, -0.15) is 0 Å². The van der Waals surface area contributed by atoms with Gasteiger partial charge in [0.25, 0.3) is 5.22 Å². The van der Waals surface area contributed by atoms with Crippen LogP contribution in [-0.4, -0.2) is 66.6 Å². The summed E-state index contributed by atoms with van der Waals surface area (Å²) in [6, 6.07) is 15.2. The van der Waals surface area contributed by atoms with Crippen molar-refractivity contribution in [2.75, 3.05) is 55.8 Å². The molecule has 1 aliphatic heterocycles. The Bertz CT molecular complexity index is 1120. The molecule has 0 spiro atoms. The lowest BCUT2D eigenvalue weighted by Gasteiger charge is -2.36. The van der Waals surface area contributed by atoms with Gasteiger partial charge >= 0.3 is 0 Å². The first-order valence-corrected chi connectivity index (χ1v) is 11.5. The number of amides is 1. The number of benzene rings is 2. The molecule has 1 N–H and O–H groups in total. The van der Waals surface area contributed by atoms with Crippen molar-refractivity contribution in [3.63, 3.8) is 0 Å². The van der Waals surface area contributed by atoms with Gasteiger partial charge in [0.05, 0.1) is 30.8 Å². The molecule has 8 nitrogen and oxygen atoms in total. The van der Waals surface area contributed by atoms with E-state index in [2.05, 4.69) is 31.2 Å². The van der Waals surface area contributed by atoms with E-state index >= 15 is 0 Å². The molecule has 1 aromatic heterocycles. The second-order valence-corrected chi connectivity index (χ2v) is 8.35. The average molecular weight is 464 g/mol. The normalized spacial score (nSPS) is 14.0. The molecule has 33 heavy (non-hydrogen) atoms. The highest BCUT2D eigenvalue weighted by atomic mass is 32.2. The van der Waals surface area contributed by atoms with Crippen LogP contribution < -0.4 is 15.0 Å². The molecule has 0 unspecified atom stereocenters. The highest BCUT2D eigenvalue weighted by Gasteiger charge is 2.19. The predicted molar refractivity (Wildman–Crippen MR) is 130 cm³/mol. The first kappa shape index (κ1) is 22.7. The van der Waals surface area contributed by atoms with Gasteiger partial charge in [-0.3, -0.25) is 9.69 Å². The van der Waals surface area contributed by atoms with Crippen molar-refractivity contribution in [3.05, 3.63) is 48.5 Å². The van der Waals surface area contributed by atoms with Crippen LogP contribution in [0.4, 0.5) is 11.4 Å². The van der Waals surface area contributed by atoms with Crippen molar-refractivity contribution in [1.82, 2.24) is 15.1 Å². The summed E-state index contributed by atoms with van der Waals surface area (Å²) in [6.45, 7) is 4.18. The third-order valence-electron chi connectivity index (χ3n) is 5.28. The van der Waals surface area contributed by atoms with Crippen molar-refractivity contribution in [2.45, 2.75) is 5.22 Å². The topological polar surface area (TPSA) is 83.7 Å². The minimum atomic E-state index is -0.136. The van der Waals surface area contributed by atoms with Crippen molar-refractivity contribution < 1.29 is 13.9 Å². The molecule has 0 radical (unpaired) electrons. The van der Waals surface area contributed by atoms with Gasteiger partial charge in [-0.1, -0.05) is 29.8 Å². The quantitative estimate of drug-likeness (QED) is 0.403. The monoisotopic (exact) mass is 463 g/mol. The lowest BCUT2D eigenvalue weighted by atomic mass is 10.2. The van der Waals surface area contributed by atoms with Crippen LogP contribution in [0.5, 0.6) is 5.75 Å². The van der Waals surface area contributed by atoms with Gasteiger partial charge < -0.3 is 19.4 Å². The van der Waals surface area contributed by atoms with Crippen LogP contribution in [0.15, 0.2) is 58.2 Å². The van der Waals surface area contributed by atoms with Gasteiger partial charge in [0.1, 0.15) is 5.75 Å². The second kappa shape index (κ2) is 10.9. The van der Waals surface area contributed by atoms with E-state index < -0.39 is 0 Å². The number of terminal acetylenes is 1. The number of hydrogen-bond acceptors (Lipinski definition) is 8. The molecule has 0 bridgehead atoms. The van der Waals surface area contributed by atoms with Gasteiger partial charge in [0.2, 0.25) is 11.8 Å². The number of para-hydroxylation sites is 2. The summed E-state index contributed by atoms with van der Waals surface area (Å²) in [5.74, 6) is 3.87. The number of hydrogen-bond donors (Lipinski definition) is 1. The maximum Gasteiger partial charge on any atom is 0.277 e. The number of anilines is 2. The number of carbonyl (C=O) groups excluding carboxylic acids is 1. The molecule has 0 saturated carbocycles. The minimum Gasteiger partial charge on any atom is -0.497 e. The molecule has 2 aromatic carbocycles. The van der Waals surface area contributed by atoms with E-state index in [1.54, 1.807) is 7.11 Å². The van der Waals surface area contributed by atoms with Gasteiger partial charge in [-0.05, 0) is 36.4 Å². The molecule has 1 amide bonds. The standard InChI is InChI=1S/C24H25N5O3S/c1-3-12-28-13-15-29(16-14-28)21-7-5-4-6-20(21)25-22(30)17-33-24-27-26-23(32-24)18-8-10-19(31-2)11-9-18/h1,4-11H,12-17H2,2H3,(H,25,30). The Labute approximate surface area is 197 Å². The average Bonchev–Trinajstić information content (AvgIpc) is 3.33. The van der Waals surface area contributed by atoms with Crippen molar-refractivity contribution in [3.8, 4) is 29.5 Å². The highest BCUT2D eigenvalue weighted by molar-refractivity contribution is 7.99. The number of nitrogens with one attached hydrogen (secondary N) is 1. The van der Waals surface area contributed by atoms with E-state index in [4.69, 9.17) is 15.6 Å². The summed E-state index contributed by atoms with van der Waals surface area (Å²) in [6.07, 6.45) is 5.42. The van der Waals surface area contributed by atoms with Gasteiger partial charge in [0, 0.05) is 31.7 Å². The van der Waals surface area contributed by atoms with E-state index in [0.29, 0.717) is 17.7 Å². The van der Waals surface area contributed by atoms with E-state index in [1.807, 2.05) is 48.5 Å². The van der Waals surface area contributed by atoms with E-state index in [0.717, 1.165) is 48.9 Å². The summed E-state index contributed by atoms with van der Waals surface area (Å²) >= 11 is 1.20. The Hall–Kier alpha value is -3.48. The summed E-state index contributed by atoms with van der Waals surface area (Å²) in [4.78, 5) is 17.1. The predicted octanol–water partition coefficient (Wildman–Crippen LogP) is 3.23. The number of piperazine rings is 1. The smallest absolute Gasteiger partial charge is 0.277 e. The maximum absolute atomic E-state index is 12.6. The molecular formula is C24H25N5O3S. The van der Waals surface area contributed by atoms with Crippen LogP contribution in [0.25, 0.3) is 11.5 Å². The zero-order valence-corrected chi connectivity index (χ0v) is 19.2. The molecule has 4 rings (SSSR count). The SMILES string of the molecule is C#CCN1CCN(c2ccccc2NC(=O)CSc2nnc(-c3ccc(OC)cc3)o2)CC1. The molecule has 3 aromatic rings. The van der Waals surface area contributed by atoms with Crippen LogP contribution in [0.1, 0.15) is 0 Å². The first-order valence-electron chi connectivity index (χ1n) is 10.6. The van der Waals surface area contributed by atoms with Crippen molar-refractivity contribution >= 4 is 29.0 Å². The Morgan fingerprint density at radius 2 is 1.91 bits per heavy atom. The van der Waals surface area contributed by atoms with Crippen LogP contribution in [0.2, 0.25) is 0 Å². The Morgan fingerprint density at radius 3 is 2.64 bits per heavy atom. The van der Waals surface area contributed by atoms with E-state index in [-0.39, 0.29) is 11.7 Å². The van der Waals surface area contributed by atoms with Gasteiger partial charge in [-0.25, -0.2) is 0 Å². The third-order valence-corrected chi connectivity index (χ3v) is 6.09. The molecule has 0 atom stereocenters. The number of ether oxygens (including phenoxy) is 1. The van der Waals surface area contributed by atoms with Crippen LogP contribution in [0, 0.1) is 12.3 Å². The Kier molecular flexibility index (Phi) is 7.50. The van der Waals surface area contributed by atoms with E-state index in [1.165, 1.54) is 11.8 Å². The Balaban J connectivity index is 1.33. The van der Waals surface area contributed by atoms with Crippen LogP contribution >= 0.6 is 11.8 Å². The third kappa shape index (κ3) is 5.86. The zero-order chi connectivity index (χ0) is 23.0. The fourth-order valence-electron chi connectivity index (χ4n) is 3.56. The lowest BCUT2D eigenvalue weighted by molar-refractivity contribution is -0.113. The largest absolute Gasteiger partial charge is 0.497 e. The summed E-state index contributed by atoms with van der Waals surface area (Å²) < 4.78 is 10.8. The molecule has 1 aliphatic rings. The molecule has 9 heteroatoms. The first-order chi connectivity index (χ1) is 16.2. The van der Waals surface area contributed by atoms with Crippen molar-refractivity contribution in [2.24, 2.45) is 0 Å². The number of aromatic nitrogens is 2. The fraction of sp³-hybridized carbons (Fsp3) is 0.292. The van der Waals surface area contributed by atoms with Gasteiger partial charge in [-0.15, -0.1) is 16.6 Å². The fourth-order valence-corrected chi connectivity index (χ4v) is 4.13. The molecule has 1 saturated heterocycles. The number of carbonyl (C=O) groups is 1. The highest BCUT2D eigenvalue weighted by Crippen LogP contribution is 2.28. The Morgan fingerprint density at radius 1 is 1.15 bits per heavy atom. The summed E-state index contributed by atoms with van der Waals surface area (Å²) in [5.41, 5.74) is 2.59. The maximum atomic E-state index is 12.6.